The first-order valence-electron chi connectivity index (χ1n) is 13.1. The summed E-state index contributed by atoms with van der Waals surface area (Å²) in [5.74, 6) is 1.37. The van der Waals surface area contributed by atoms with Gasteiger partial charge in [0.1, 0.15) is 40.5 Å². The van der Waals surface area contributed by atoms with Crippen LogP contribution in [0.5, 0.6) is 23.0 Å². The van der Waals surface area contributed by atoms with E-state index in [2.05, 4.69) is 20.6 Å². The number of imidazole rings is 1. The van der Waals surface area contributed by atoms with Crippen LogP contribution in [0.4, 0.5) is 25.1 Å². The Labute approximate surface area is 241 Å². The molecule has 0 aliphatic carbocycles. The summed E-state index contributed by atoms with van der Waals surface area (Å²) in [5, 5.41) is 5.86. The van der Waals surface area contributed by atoms with Gasteiger partial charge in [-0.15, -0.1) is 0 Å². The Bertz CT molecular complexity index is 1790. The second-order valence-corrected chi connectivity index (χ2v) is 9.72. The number of urea groups is 1. The van der Waals surface area contributed by atoms with E-state index in [0.29, 0.717) is 34.0 Å². The number of hydrogen-bond acceptors (Lipinski definition) is 6. The summed E-state index contributed by atoms with van der Waals surface area (Å²) in [5.41, 5.74) is 1.04. The van der Waals surface area contributed by atoms with Crippen molar-refractivity contribution in [2.45, 2.75) is 19.8 Å². The molecule has 9 nitrogen and oxygen atoms in total. The number of methoxy groups -OCH3 is 2. The molecule has 0 bridgehead atoms. The lowest BCUT2D eigenvalue weighted by atomic mass is 10.1. The molecule has 0 saturated heterocycles. The molecule has 0 aliphatic rings. The molecule has 0 unspecified atom stereocenters. The molecule has 3 aromatic carbocycles. The molecule has 0 atom stereocenters. The Morgan fingerprint density at radius 3 is 2.33 bits per heavy atom. The molecule has 0 saturated carbocycles. The van der Waals surface area contributed by atoms with Crippen molar-refractivity contribution in [1.82, 2.24) is 14.5 Å². The van der Waals surface area contributed by atoms with E-state index in [1.165, 1.54) is 32.4 Å². The quantitative estimate of drug-likeness (QED) is 0.200. The van der Waals surface area contributed by atoms with Crippen LogP contribution in [-0.2, 0) is 7.05 Å². The Hall–Kier alpha value is -5.19. The first-order valence-corrected chi connectivity index (χ1v) is 13.1. The number of rotatable bonds is 8. The van der Waals surface area contributed by atoms with Crippen molar-refractivity contribution in [2.24, 2.45) is 7.05 Å². The van der Waals surface area contributed by atoms with Gasteiger partial charge in [0, 0.05) is 42.2 Å². The minimum atomic E-state index is -0.723. The van der Waals surface area contributed by atoms with Crippen LogP contribution in [0.1, 0.15) is 25.6 Å². The van der Waals surface area contributed by atoms with Gasteiger partial charge in [-0.3, -0.25) is 10.3 Å². The van der Waals surface area contributed by atoms with Gasteiger partial charge in [0.2, 0.25) is 0 Å². The highest BCUT2D eigenvalue weighted by molar-refractivity contribution is 6.01. The number of benzene rings is 3. The molecule has 2 aromatic heterocycles. The molecule has 0 fully saturated rings. The van der Waals surface area contributed by atoms with Crippen LogP contribution in [0.25, 0.3) is 22.2 Å². The maximum Gasteiger partial charge on any atom is 0.324 e. The van der Waals surface area contributed by atoms with Gasteiger partial charge in [-0.2, -0.15) is 0 Å². The predicted octanol–water partition coefficient (Wildman–Crippen LogP) is 7.49. The van der Waals surface area contributed by atoms with Crippen molar-refractivity contribution in [3.05, 3.63) is 84.3 Å². The number of ether oxygens (including phenoxy) is 3. The van der Waals surface area contributed by atoms with Crippen molar-refractivity contribution in [3.63, 3.8) is 0 Å². The number of carbonyl (C=O) groups excluding carboxylic acids is 1. The average molecular weight is 574 g/mol. The standard InChI is InChI=1S/C31H29F2N5O4/c1-17(2)29-36-28(19-8-6-7-9-21(19)32)30(38(29)3)37-31(39)35-23-11-10-18(14-22(23)33)42-25-12-13-34-24-16-27(41-5)26(40-4)15-20(24)25/h6-17H,1-5H3,(H2,35,37,39). The predicted molar refractivity (Wildman–Crippen MR) is 157 cm³/mol. The average Bonchev–Trinajstić information content (AvgIpc) is 3.29. The zero-order valence-corrected chi connectivity index (χ0v) is 23.7. The van der Waals surface area contributed by atoms with Gasteiger partial charge >= 0.3 is 6.03 Å². The number of pyridine rings is 1. The Kier molecular flexibility index (Phi) is 7.92. The smallest absolute Gasteiger partial charge is 0.324 e. The van der Waals surface area contributed by atoms with E-state index < -0.39 is 17.7 Å². The largest absolute Gasteiger partial charge is 0.493 e. The first-order chi connectivity index (χ1) is 20.2. The van der Waals surface area contributed by atoms with Crippen molar-refractivity contribution in [1.29, 1.82) is 0 Å². The minimum Gasteiger partial charge on any atom is -0.493 e. The molecule has 0 aliphatic heterocycles. The normalized spacial score (nSPS) is 11.0. The third kappa shape index (κ3) is 5.53. The summed E-state index contributed by atoms with van der Waals surface area (Å²) < 4.78 is 48.1. The molecule has 0 radical (unpaired) electrons. The number of aromatic nitrogens is 3. The van der Waals surface area contributed by atoms with E-state index in [-0.39, 0.29) is 34.4 Å². The van der Waals surface area contributed by atoms with Crippen molar-refractivity contribution < 1.29 is 27.8 Å². The lowest BCUT2D eigenvalue weighted by Crippen LogP contribution is -2.22. The molecule has 42 heavy (non-hydrogen) atoms. The number of fused-ring (bicyclic) bond motifs is 1. The van der Waals surface area contributed by atoms with Gasteiger partial charge in [0.05, 0.1) is 25.4 Å². The highest BCUT2D eigenvalue weighted by Crippen LogP contribution is 2.37. The monoisotopic (exact) mass is 573 g/mol. The van der Waals surface area contributed by atoms with Crippen LogP contribution in [0.3, 0.4) is 0 Å². The number of amides is 2. The summed E-state index contributed by atoms with van der Waals surface area (Å²) in [4.78, 5) is 21.9. The molecule has 216 valence electrons. The molecule has 0 spiro atoms. The SMILES string of the molecule is COc1cc2nccc(Oc3ccc(NC(=O)Nc4c(-c5ccccc5F)nc(C(C)C)n4C)c(F)c3)c2cc1OC. The van der Waals surface area contributed by atoms with Gasteiger partial charge in [-0.05, 0) is 36.4 Å². The first kappa shape index (κ1) is 28.3. The third-order valence-electron chi connectivity index (χ3n) is 6.63. The summed E-state index contributed by atoms with van der Waals surface area (Å²) in [6.45, 7) is 3.89. The maximum atomic E-state index is 15.1. The maximum absolute atomic E-state index is 15.1. The molecule has 5 aromatic rings. The summed E-state index contributed by atoms with van der Waals surface area (Å²) in [6.07, 6.45) is 1.57. The Balaban J connectivity index is 1.37. The fourth-order valence-corrected chi connectivity index (χ4v) is 4.60. The number of halogens is 2. The van der Waals surface area contributed by atoms with Crippen molar-refractivity contribution >= 4 is 28.4 Å². The highest BCUT2D eigenvalue weighted by Gasteiger charge is 2.22. The van der Waals surface area contributed by atoms with E-state index in [0.717, 1.165) is 6.07 Å². The van der Waals surface area contributed by atoms with Gasteiger partial charge in [-0.25, -0.2) is 18.6 Å². The van der Waals surface area contributed by atoms with Gasteiger partial charge in [0.15, 0.2) is 11.5 Å². The van der Waals surface area contributed by atoms with Crippen LogP contribution >= 0.6 is 0 Å². The Morgan fingerprint density at radius 2 is 1.64 bits per heavy atom. The molecular formula is C31H29F2N5O4. The summed E-state index contributed by atoms with van der Waals surface area (Å²) in [6, 6.07) is 14.6. The van der Waals surface area contributed by atoms with Crippen LogP contribution in [-0.4, -0.2) is 34.8 Å². The lowest BCUT2D eigenvalue weighted by molar-refractivity contribution is 0.262. The fourth-order valence-electron chi connectivity index (χ4n) is 4.60. The Morgan fingerprint density at radius 1 is 0.905 bits per heavy atom. The number of nitrogens with zero attached hydrogens (tertiary/aromatic N) is 3. The van der Waals surface area contributed by atoms with E-state index >= 15 is 4.39 Å². The van der Waals surface area contributed by atoms with Crippen LogP contribution in [0.15, 0.2) is 66.9 Å². The molecular weight excluding hydrogens is 544 g/mol. The topological polar surface area (TPSA) is 99.5 Å². The van der Waals surface area contributed by atoms with Gasteiger partial charge < -0.3 is 24.1 Å². The summed E-state index contributed by atoms with van der Waals surface area (Å²) in [7, 11) is 4.78. The second kappa shape index (κ2) is 11.7. The molecule has 2 heterocycles. The third-order valence-corrected chi connectivity index (χ3v) is 6.63. The minimum absolute atomic E-state index is 0.00440. The van der Waals surface area contributed by atoms with Crippen LogP contribution < -0.4 is 24.8 Å². The van der Waals surface area contributed by atoms with E-state index in [4.69, 9.17) is 14.2 Å². The molecule has 5 rings (SSSR count). The number of anilines is 2. The van der Waals surface area contributed by atoms with E-state index in [1.54, 1.807) is 54.2 Å². The second-order valence-electron chi connectivity index (χ2n) is 9.72. The zero-order chi connectivity index (χ0) is 30.0. The zero-order valence-electron chi connectivity index (χ0n) is 23.7. The van der Waals surface area contributed by atoms with E-state index in [9.17, 15) is 9.18 Å². The number of nitrogens with one attached hydrogen (secondary N) is 2. The van der Waals surface area contributed by atoms with Gasteiger partial charge in [0.25, 0.3) is 0 Å². The molecule has 11 heteroatoms. The van der Waals surface area contributed by atoms with Crippen molar-refractivity contribution in [2.75, 3.05) is 24.9 Å². The molecule has 2 N–H and O–H groups in total. The fraction of sp³-hybridized carbons (Fsp3) is 0.194. The summed E-state index contributed by atoms with van der Waals surface area (Å²) >= 11 is 0. The number of hydrogen-bond donors (Lipinski definition) is 2. The lowest BCUT2D eigenvalue weighted by Gasteiger charge is -2.14. The molecule has 2 amide bonds. The van der Waals surface area contributed by atoms with Crippen LogP contribution in [0, 0.1) is 11.6 Å². The van der Waals surface area contributed by atoms with E-state index in [1.807, 2.05) is 13.8 Å². The number of carbonyl (C=O) groups is 1. The van der Waals surface area contributed by atoms with Crippen LogP contribution in [0.2, 0.25) is 0 Å². The highest BCUT2D eigenvalue weighted by atomic mass is 19.1. The van der Waals surface area contributed by atoms with Gasteiger partial charge in [-0.1, -0.05) is 26.0 Å². The van der Waals surface area contributed by atoms with Crippen molar-refractivity contribution in [3.8, 4) is 34.3 Å².